The molecule has 1 atom stereocenters. The van der Waals surface area contributed by atoms with E-state index in [-0.39, 0.29) is 23.4 Å². The number of carbonyl (C=O) groups is 1. The Kier molecular flexibility index (Phi) is 8.80. The third-order valence-electron chi connectivity index (χ3n) is 10.9. The number of fused-ring (bicyclic) bond motifs is 3. The molecule has 1 unspecified atom stereocenters. The third-order valence-corrected chi connectivity index (χ3v) is 11.2. The van der Waals surface area contributed by atoms with Crippen LogP contribution in [0, 0.1) is 0 Å². The van der Waals surface area contributed by atoms with E-state index in [0.29, 0.717) is 32.3 Å². The lowest BCUT2D eigenvalue weighted by Crippen LogP contribution is -2.44. The van der Waals surface area contributed by atoms with Crippen LogP contribution >= 0.6 is 11.6 Å². The molecular formula is C36H39ClF2N8O3. The molecule has 4 aromatic rings. The van der Waals surface area contributed by atoms with Crippen molar-refractivity contribution in [1.82, 2.24) is 29.9 Å². The van der Waals surface area contributed by atoms with E-state index in [1.807, 2.05) is 19.2 Å². The maximum atomic E-state index is 13.1. The summed E-state index contributed by atoms with van der Waals surface area (Å²) < 4.78 is 37.0. The van der Waals surface area contributed by atoms with Crippen LogP contribution < -0.4 is 14.5 Å². The summed E-state index contributed by atoms with van der Waals surface area (Å²) >= 11 is 6.74. The zero-order valence-corrected chi connectivity index (χ0v) is 28.7. The smallest absolute Gasteiger partial charge is 0.318 e. The number of nitrogens with zero attached hydrogens (tertiary/aromatic N) is 8. The Hall–Kier alpha value is -4.36. The number of benzene rings is 2. The second-order valence-corrected chi connectivity index (χ2v) is 14.1. The van der Waals surface area contributed by atoms with Gasteiger partial charge in [0.15, 0.2) is 0 Å². The van der Waals surface area contributed by atoms with Crippen LogP contribution in [-0.4, -0.2) is 93.8 Å². The van der Waals surface area contributed by atoms with Crippen molar-refractivity contribution in [2.45, 2.75) is 63.1 Å². The van der Waals surface area contributed by atoms with Crippen molar-refractivity contribution in [3.05, 3.63) is 70.5 Å². The van der Waals surface area contributed by atoms with E-state index in [1.54, 1.807) is 4.90 Å². The monoisotopic (exact) mass is 704 g/mol. The van der Waals surface area contributed by atoms with Crippen LogP contribution in [0.2, 0.25) is 5.02 Å². The van der Waals surface area contributed by atoms with E-state index in [9.17, 15) is 13.6 Å². The van der Waals surface area contributed by atoms with Crippen molar-refractivity contribution in [3.63, 3.8) is 0 Å². The third kappa shape index (κ3) is 6.14. The summed E-state index contributed by atoms with van der Waals surface area (Å²) in [5, 5.41) is 6.08. The number of rotatable bonds is 9. The number of hydrogen-bond donors (Lipinski definition) is 0. The second kappa shape index (κ2) is 13.4. The quantitative estimate of drug-likeness (QED) is 0.195. The highest BCUT2D eigenvalue weighted by Crippen LogP contribution is 2.40. The van der Waals surface area contributed by atoms with Crippen LogP contribution in [0.3, 0.4) is 0 Å². The molecule has 6 heterocycles. The molecule has 14 heteroatoms. The van der Waals surface area contributed by atoms with Crippen LogP contribution in [-0.2, 0) is 17.8 Å². The molecule has 3 fully saturated rings. The highest BCUT2D eigenvalue weighted by atomic mass is 35.5. The van der Waals surface area contributed by atoms with Gasteiger partial charge in [-0.3, -0.25) is 9.69 Å². The van der Waals surface area contributed by atoms with Crippen molar-refractivity contribution in [2.24, 2.45) is 0 Å². The van der Waals surface area contributed by atoms with Gasteiger partial charge in [0, 0.05) is 61.5 Å². The lowest BCUT2D eigenvalue weighted by molar-refractivity contribution is -0.124. The Morgan fingerprint density at radius 2 is 1.92 bits per heavy atom. The fourth-order valence-electron chi connectivity index (χ4n) is 8.23. The number of aromatic nitrogens is 4. The summed E-state index contributed by atoms with van der Waals surface area (Å²) in [5.74, 6) is -0.274. The molecule has 8 rings (SSSR count). The van der Waals surface area contributed by atoms with Crippen molar-refractivity contribution in [1.29, 1.82) is 0 Å². The van der Waals surface area contributed by atoms with Gasteiger partial charge in [-0.15, -0.1) is 0 Å². The Bertz CT molecular complexity index is 1920. The molecule has 11 nitrogen and oxygen atoms in total. The van der Waals surface area contributed by atoms with E-state index < -0.39 is 12.2 Å². The molecule has 50 heavy (non-hydrogen) atoms. The minimum absolute atomic E-state index is 0.00157. The molecule has 262 valence electrons. The van der Waals surface area contributed by atoms with Crippen molar-refractivity contribution in [3.8, 4) is 6.01 Å². The van der Waals surface area contributed by atoms with E-state index in [1.165, 1.54) is 25.0 Å². The minimum Gasteiger partial charge on any atom is -0.461 e. The number of hydrogen-bond acceptors (Lipinski definition) is 10. The van der Waals surface area contributed by atoms with Crippen LogP contribution in [0.25, 0.3) is 16.8 Å². The predicted octanol–water partition coefficient (Wildman–Crippen LogP) is 5.92. The van der Waals surface area contributed by atoms with Crippen LogP contribution in [0.15, 0.2) is 47.0 Å². The number of amides is 1. The normalized spacial score (nSPS) is 20.3. The fourth-order valence-corrected chi connectivity index (χ4v) is 8.51. The SMILES string of the molecule is CN(c1nc(OCC23CCCN2CCC3)nc2c1CCN(c1cccc3cccc(Cl)c13)C2)C1CCN(C(=O)/C=C/c2nc(C(F)F)no2)C1. The highest BCUT2D eigenvalue weighted by Gasteiger charge is 2.45. The number of likely N-dealkylation sites (N-methyl/N-ethyl adjacent to an activating group) is 1. The molecule has 4 aliphatic rings. The molecule has 0 aliphatic carbocycles. The van der Waals surface area contributed by atoms with Crippen molar-refractivity contribution >= 4 is 45.9 Å². The van der Waals surface area contributed by atoms with Crippen molar-refractivity contribution in [2.75, 3.05) is 56.2 Å². The molecule has 0 N–H and O–H groups in total. The molecule has 2 aromatic carbocycles. The topological polar surface area (TPSA) is 104 Å². The molecule has 0 saturated carbocycles. The summed E-state index contributed by atoms with van der Waals surface area (Å²) in [6.07, 6.45) is 5.80. The van der Waals surface area contributed by atoms with Gasteiger partial charge in [-0.25, -0.2) is 8.78 Å². The van der Waals surface area contributed by atoms with Gasteiger partial charge in [-0.1, -0.05) is 41.0 Å². The van der Waals surface area contributed by atoms with Gasteiger partial charge < -0.3 is 24.0 Å². The lowest BCUT2D eigenvalue weighted by Gasteiger charge is -2.35. The first-order valence-corrected chi connectivity index (χ1v) is 17.7. The Morgan fingerprint density at radius 3 is 2.70 bits per heavy atom. The van der Waals surface area contributed by atoms with Gasteiger partial charge in [0.1, 0.15) is 12.4 Å². The second-order valence-electron chi connectivity index (χ2n) is 13.7. The zero-order chi connectivity index (χ0) is 34.4. The number of ether oxygens (including phenoxy) is 1. The number of anilines is 2. The average Bonchev–Trinajstić information content (AvgIpc) is 3.94. The molecule has 0 radical (unpaired) electrons. The molecule has 1 amide bonds. The number of alkyl halides is 2. The fraction of sp³-hybridized carbons (Fsp3) is 0.472. The van der Waals surface area contributed by atoms with Crippen LogP contribution in [0.1, 0.15) is 61.5 Å². The van der Waals surface area contributed by atoms with Crippen molar-refractivity contribution < 1.29 is 22.8 Å². The maximum Gasteiger partial charge on any atom is 0.318 e. The first kappa shape index (κ1) is 32.8. The van der Waals surface area contributed by atoms with Gasteiger partial charge in [0.05, 0.1) is 22.8 Å². The van der Waals surface area contributed by atoms with E-state index in [4.69, 9.17) is 30.8 Å². The minimum atomic E-state index is -2.84. The lowest BCUT2D eigenvalue weighted by atomic mass is 9.95. The molecular weight excluding hydrogens is 666 g/mol. The molecule has 4 aliphatic heterocycles. The first-order chi connectivity index (χ1) is 24.3. The van der Waals surface area contributed by atoms with Gasteiger partial charge in [-0.2, -0.15) is 15.0 Å². The predicted molar refractivity (Wildman–Crippen MR) is 186 cm³/mol. The van der Waals surface area contributed by atoms with E-state index in [2.05, 4.69) is 49.1 Å². The van der Waals surface area contributed by atoms with Gasteiger partial charge >= 0.3 is 12.4 Å². The Morgan fingerprint density at radius 1 is 1.12 bits per heavy atom. The van der Waals surface area contributed by atoms with Crippen LogP contribution in [0.5, 0.6) is 6.01 Å². The molecule has 3 saturated heterocycles. The number of halogens is 3. The summed E-state index contributed by atoms with van der Waals surface area (Å²) in [7, 11) is 2.02. The van der Waals surface area contributed by atoms with Gasteiger partial charge in [0.25, 0.3) is 5.89 Å². The zero-order valence-electron chi connectivity index (χ0n) is 27.9. The standard InChI is InChI=1S/C36H39ClF2N8O3/c1-44(24-12-18-46(20-24)30(48)11-10-29-41-33(32(38)39)43-50-29)34-25-13-19-45(28-9-3-7-23-6-2-8-26(37)31(23)28)21-27(25)40-35(42-34)49-22-36-14-4-16-47(36)17-5-15-36/h2-3,6-11,24,32H,4-5,12-22H2,1H3/b11-10+. The average molecular weight is 705 g/mol. The molecule has 2 aromatic heterocycles. The van der Waals surface area contributed by atoms with Crippen LogP contribution in [0.4, 0.5) is 20.3 Å². The highest BCUT2D eigenvalue weighted by molar-refractivity contribution is 6.36. The van der Waals surface area contributed by atoms with Gasteiger partial charge in [-0.05, 0) is 69.1 Å². The van der Waals surface area contributed by atoms with Gasteiger partial charge in [0.2, 0.25) is 11.7 Å². The summed E-state index contributed by atoms with van der Waals surface area (Å²) in [6, 6.07) is 12.6. The Labute approximate surface area is 293 Å². The molecule has 0 spiro atoms. The Balaban J connectivity index is 1.05. The largest absolute Gasteiger partial charge is 0.461 e. The summed E-state index contributed by atoms with van der Waals surface area (Å²) in [5.41, 5.74) is 3.14. The number of carbonyl (C=O) groups excluding carboxylic acids is 1. The van der Waals surface area contributed by atoms with E-state index in [0.717, 1.165) is 83.9 Å². The number of likely N-dealkylation sites (tertiary alicyclic amines) is 1. The van der Waals surface area contributed by atoms with E-state index >= 15 is 0 Å². The maximum absolute atomic E-state index is 13.1. The summed E-state index contributed by atoms with van der Waals surface area (Å²) in [4.78, 5) is 35.6. The molecule has 0 bridgehead atoms. The summed E-state index contributed by atoms with van der Waals surface area (Å²) in [6.45, 7) is 5.15. The first-order valence-electron chi connectivity index (χ1n) is 17.3.